The van der Waals surface area contributed by atoms with E-state index in [4.69, 9.17) is 9.73 Å². The third kappa shape index (κ3) is 4.86. The summed E-state index contributed by atoms with van der Waals surface area (Å²) < 4.78 is 9.29. The quantitative estimate of drug-likeness (QED) is 0.389. The first-order valence-corrected chi connectivity index (χ1v) is 14.3. The number of para-hydroxylation sites is 1. The molecular formula is C26H25I2N3O4S. The number of phenolic OH excluding ortho intramolecular Hbond substituents is 1. The molecule has 1 aromatic heterocycles. The summed E-state index contributed by atoms with van der Waals surface area (Å²) in [5.41, 5.74) is 2.01. The Balaban J connectivity index is 2.02. The Morgan fingerprint density at radius 1 is 1.25 bits per heavy atom. The van der Waals surface area contributed by atoms with Gasteiger partial charge in [-0.05, 0) is 90.2 Å². The van der Waals surface area contributed by atoms with Crippen LogP contribution < -0.4 is 19.6 Å². The number of aromatic hydroxyl groups is 1. The number of methoxy groups -OCH3 is 1. The lowest BCUT2D eigenvalue weighted by atomic mass is 9.94. The predicted molar refractivity (Wildman–Crippen MR) is 158 cm³/mol. The number of nitrogens with zero attached hydrogens (tertiary/aromatic N) is 3. The van der Waals surface area contributed by atoms with Crippen molar-refractivity contribution in [2.75, 3.05) is 20.2 Å². The van der Waals surface area contributed by atoms with Crippen LogP contribution in [0.5, 0.6) is 11.5 Å². The van der Waals surface area contributed by atoms with Gasteiger partial charge in [-0.1, -0.05) is 29.5 Å². The van der Waals surface area contributed by atoms with Gasteiger partial charge in [-0.25, -0.2) is 4.99 Å². The number of benzene rings is 2. The van der Waals surface area contributed by atoms with Gasteiger partial charge in [-0.15, -0.1) is 0 Å². The lowest BCUT2D eigenvalue weighted by Gasteiger charge is -2.29. The summed E-state index contributed by atoms with van der Waals surface area (Å²) in [5, 5.41) is 10.6. The van der Waals surface area contributed by atoms with E-state index in [1.165, 1.54) is 11.3 Å². The molecule has 1 atom stereocenters. The molecule has 3 aromatic rings. The van der Waals surface area contributed by atoms with Crippen LogP contribution in [0.4, 0.5) is 0 Å². The molecule has 188 valence electrons. The van der Waals surface area contributed by atoms with E-state index >= 15 is 0 Å². The van der Waals surface area contributed by atoms with Crippen LogP contribution in [0.25, 0.3) is 6.08 Å². The smallest absolute Gasteiger partial charge is 0.271 e. The number of carbonyl (C=O) groups excluding carboxylic acids is 1. The molecule has 1 amide bonds. The van der Waals surface area contributed by atoms with Crippen molar-refractivity contribution < 1.29 is 14.6 Å². The van der Waals surface area contributed by atoms with E-state index in [2.05, 4.69) is 45.2 Å². The zero-order valence-electron chi connectivity index (χ0n) is 20.2. The van der Waals surface area contributed by atoms with Crippen molar-refractivity contribution in [3.63, 3.8) is 0 Å². The van der Waals surface area contributed by atoms with Gasteiger partial charge in [0.25, 0.3) is 11.5 Å². The molecule has 0 unspecified atom stereocenters. The van der Waals surface area contributed by atoms with E-state index in [0.29, 0.717) is 54.1 Å². The van der Waals surface area contributed by atoms with Crippen LogP contribution >= 0.6 is 56.5 Å². The number of thiazole rings is 1. The molecule has 0 bridgehead atoms. The fourth-order valence-electron chi connectivity index (χ4n) is 4.30. The van der Waals surface area contributed by atoms with E-state index < -0.39 is 6.04 Å². The topological polar surface area (TPSA) is 84.1 Å². The second-order valence-electron chi connectivity index (χ2n) is 8.13. The van der Waals surface area contributed by atoms with Gasteiger partial charge in [-0.3, -0.25) is 14.2 Å². The zero-order valence-corrected chi connectivity index (χ0v) is 25.3. The molecule has 0 spiro atoms. The maximum absolute atomic E-state index is 13.9. The summed E-state index contributed by atoms with van der Waals surface area (Å²) in [6.45, 7) is 6.75. The van der Waals surface area contributed by atoms with Crippen molar-refractivity contribution in [3.05, 3.63) is 85.6 Å². The van der Waals surface area contributed by atoms with Crippen LogP contribution in [0.1, 0.15) is 37.9 Å². The zero-order chi connectivity index (χ0) is 26.1. The summed E-state index contributed by atoms with van der Waals surface area (Å²) in [6, 6.07) is 10.4. The molecule has 0 fully saturated rings. The number of amides is 1. The Morgan fingerprint density at radius 3 is 2.61 bits per heavy atom. The van der Waals surface area contributed by atoms with Crippen molar-refractivity contribution in [1.82, 2.24) is 9.47 Å². The van der Waals surface area contributed by atoms with Gasteiger partial charge in [0.1, 0.15) is 17.5 Å². The highest BCUT2D eigenvalue weighted by Gasteiger charge is 2.35. The lowest BCUT2D eigenvalue weighted by molar-refractivity contribution is -0.127. The van der Waals surface area contributed by atoms with Crippen LogP contribution in [-0.4, -0.2) is 40.7 Å². The van der Waals surface area contributed by atoms with Crippen LogP contribution in [-0.2, 0) is 4.79 Å². The number of likely N-dealkylation sites (N-methyl/N-ethyl adjacent to an activating group) is 1. The van der Waals surface area contributed by atoms with Gasteiger partial charge >= 0.3 is 0 Å². The monoisotopic (exact) mass is 729 g/mol. The molecule has 36 heavy (non-hydrogen) atoms. The Morgan fingerprint density at radius 2 is 1.94 bits per heavy atom. The third-order valence-corrected chi connectivity index (χ3v) is 8.51. The molecule has 0 aliphatic carbocycles. The first-order valence-electron chi connectivity index (χ1n) is 11.3. The minimum absolute atomic E-state index is 0.122. The Bertz CT molecular complexity index is 1550. The summed E-state index contributed by atoms with van der Waals surface area (Å²) in [7, 11) is 1.58. The van der Waals surface area contributed by atoms with Crippen molar-refractivity contribution in [2.24, 2.45) is 4.99 Å². The molecule has 7 nitrogen and oxygen atoms in total. The minimum Gasteiger partial charge on any atom is -0.506 e. The maximum Gasteiger partial charge on any atom is 0.271 e. The number of hydrogen-bond donors (Lipinski definition) is 1. The molecule has 0 radical (unpaired) electrons. The summed E-state index contributed by atoms with van der Waals surface area (Å²) >= 11 is 5.49. The van der Waals surface area contributed by atoms with Crippen molar-refractivity contribution >= 4 is 68.5 Å². The van der Waals surface area contributed by atoms with Gasteiger partial charge in [0, 0.05) is 27.8 Å². The molecule has 1 aliphatic rings. The van der Waals surface area contributed by atoms with Crippen molar-refractivity contribution in [3.8, 4) is 11.5 Å². The average Bonchev–Trinajstić information content (AvgIpc) is 3.16. The molecule has 2 heterocycles. The SMILES string of the molecule is CCN(CC)C(=O)C1=C(C)N=c2s/c(=C/c3cc(I)cc(I)c3O)c(=O)n2[C@H]1c1ccccc1OC. The Hall–Kier alpha value is -2.19. The number of halogens is 2. The minimum atomic E-state index is -0.697. The second-order valence-corrected chi connectivity index (χ2v) is 11.5. The van der Waals surface area contributed by atoms with E-state index in [-0.39, 0.29) is 17.2 Å². The molecule has 0 saturated heterocycles. The van der Waals surface area contributed by atoms with E-state index in [1.807, 2.05) is 57.2 Å². The highest BCUT2D eigenvalue weighted by molar-refractivity contribution is 14.1. The normalized spacial score (nSPS) is 15.5. The van der Waals surface area contributed by atoms with E-state index in [1.54, 1.807) is 22.7 Å². The molecular weight excluding hydrogens is 704 g/mol. The molecule has 2 aromatic carbocycles. The third-order valence-electron chi connectivity index (χ3n) is 6.08. The number of ether oxygens (including phenoxy) is 1. The Labute approximate surface area is 240 Å². The predicted octanol–water partition coefficient (Wildman–Crippen LogP) is 4.03. The first kappa shape index (κ1) is 26.9. The second kappa shape index (κ2) is 11.1. The van der Waals surface area contributed by atoms with Gasteiger partial charge < -0.3 is 14.7 Å². The van der Waals surface area contributed by atoms with E-state index in [0.717, 1.165) is 3.57 Å². The molecule has 1 N–H and O–H groups in total. The number of carbonyl (C=O) groups is 1. The fraction of sp³-hybridized carbons (Fsp3) is 0.269. The number of rotatable bonds is 6. The average molecular weight is 729 g/mol. The molecule has 1 aliphatic heterocycles. The standard InChI is InChI=1S/C26H25I2N3O4S/c1-5-30(6-2)25(34)21-14(3)29-26-31(22(21)17-9-7-8-10-19(17)35-4)24(33)20(36-26)12-15-11-16(27)13-18(28)23(15)32/h7-13,22,32H,5-6H2,1-4H3/b20-12+/t22-/m0/s1. The highest BCUT2D eigenvalue weighted by atomic mass is 127. The van der Waals surface area contributed by atoms with Gasteiger partial charge in [0.05, 0.1) is 26.5 Å². The lowest BCUT2D eigenvalue weighted by Crippen LogP contribution is -2.43. The number of fused-ring (bicyclic) bond motifs is 1. The van der Waals surface area contributed by atoms with Gasteiger partial charge in [0.15, 0.2) is 4.80 Å². The highest BCUT2D eigenvalue weighted by Crippen LogP contribution is 2.36. The summed E-state index contributed by atoms with van der Waals surface area (Å²) in [6.07, 6.45) is 1.69. The maximum atomic E-state index is 13.9. The number of hydrogen-bond acceptors (Lipinski definition) is 6. The fourth-order valence-corrected chi connectivity index (χ4v) is 7.23. The number of aromatic nitrogens is 1. The van der Waals surface area contributed by atoms with Crippen LogP contribution in [0.3, 0.4) is 0 Å². The Kier molecular flexibility index (Phi) is 8.25. The molecule has 4 rings (SSSR count). The summed E-state index contributed by atoms with van der Waals surface area (Å²) in [4.78, 5) is 34.5. The largest absolute Gasteiger partial charge is 0.506 e. The van der Waals surface area contributed by atoms with Crippen LogP contribution in [0, 0.1) is 7.14 Å². The first-order chi connectivity index (χ1) is 17.2. The van der Waals surface area contributed by atoms with Crippen LogP contribution in [0.15, 0.2) is 57.5 Å². The van der Waals surface area contributed by atoms with Gasteiger partial charge in [0.2, 0.25) is 0 Å². The van der Waals surface area contributed by atoms with Gasteiger partial charge in [-0.2, -0.15) is 0 Å². The molecule has 0 saturated carbocycles. The van der Waals surface area contributed by atoms with Crippen LogP contribution in [0.2, 0.25) is 0 Å². The molecule has 10 heteroatoms. The van der Waals surface area contributed by atoms with E-state index in [9.17, 15) is 14.7 Å². The van der Waals surface area contributed by atoms with Crippen molar-refractivity contribution in [2.45, 2.75) is 26.8 Å². The number of allylic oxidation sites excluding steroid dienone is 1. The van der Waals surface area contributed by atoms with Crippen molar-refractivity contribution in [1.29, 1.82) is 0 Å². The number of phenols is 1. The summed E-state index contributed by atoms with van der Waals surface area (Å²) in [5.74, 6) is 0.550.